The summed E-state index contributed by atoms with van der Waals surface area (Å²) in [6.45, 7) is 1.99. The van der Waals surface area contributed by atoms with Gasteiger partial charge in [0.25, 0.3) is 0 Å². The molecule has 0 aliphatic rings. The van der Waals surface area contributed by atoms with E-state index in [1.165, 1.54) is 12.7 Å². The van der Waals surface area contributed by atoms with Crippen molar-refractivity contribution in [2.45, 2.75) is 6.92 Å². The average molecular weight is 496 g/mol. The number of pyridine rings is 2. The fourth-order valence-corrected chi connectivity index (χ4v) is 3.91. The number of rotatable bonds is 6. The lowest BCUT2D eigenvalue weighted by Crippen LogP contribution is -1.98. The first-order valence-corrected chi connectivity index (χ1v) is 11.4. The molecule has 10 heteroatoms. The molecule has 0 saturated heterocycles. The summed E-state index contributed by atoms with van der Waals surface area (Å²) in [7, 11) is 0. The quantitative estimate of drug-likeness (QED) is 0.266. The summed E-state index contributed by atoms with van der Waals surface area (Å²) >= 11 is 5.97. The van der Waals surface area contributed by atoms with Crippen LogP contribution in [0.3, 0.4) is 0 Å². The second-order valence-electron chi connectivity index (χ2n) is 7.95. The highest BCUT2D eigenvalue weighted by Crippen LogP contribution is 2.32. The monoisotopic (exact) mass is 495 g/mol. The number of hydrogen-bond donors (Lipinski definition) is 1. The highest BCUT2D eigenvalue weighted by molar-refractivity contribution is 6.29. The molecule has 0 fully saturated rings. The fraction of sp³-hybridized carbons (Fsp3) is 0.0385. The second kappa shape index (κ2) is 9.12. The first-order chi connectivity index (χ1) is 17.6. The summed E-state index contributed by atoms with van der Waals surface area (Å²) in [5.41, 5.74) is 3.32. The number of benzene rings is 2. The van der Waals surface area contributed by atoms with Gasteiger partial charge in [0.1, 0.15) is 46.6 Å². The van der Waals surface area contributed by atoms with E-state index < -0.39 is 0 Å². The highest BCUT2D eigenvalue weighted by Gasteiger charge is 2.10. The third kappa shape index (κ3) is 4.47. The zero-order chi connectivity index (χ0) is 24.5. The molecule has 0 spiro atoms. The van der Waals surface area contributed by atoms with E-state index in [1.807, 2.05) is 61.7 Å². The van der Waals surface area contributed by atoms with E-state index in [9.17, 15) is 0 Å². The van der Waals surface area contributed by atoms with Gasteiger partial charge in [0, 0.05) is 35.6 Å². The van der Waals surface area contributed by atoms with Crippen molar-refractivity contribution in [3.63, 3.8) is 0 Å². The van der Waals surface area contributed by atoms with Crippen LogP contribution in [0.25, 0.3) is 16.6 Å². The second-order valence-corrected chi connectivity index (χ2v) is 8.34. The molecule has 0 radical (unpaired) electrons. The Morgan fingerprint density at radius 3 is 2.58 bits per heavy atom. The van der Waals surface area contributed by atoms with E-state index in [4.69, 9.17) is 21.1 Å². The van der Waals surface area contributed by atoms with Gasteiger partial charge in [-0.1, -0.05) is 11.6 Å². The van der Waals surface area contributed by atoms with Gasteiger partial charge in [-0.05, 0) is 61.0 Å². The van der Waals surface area contributed by atoms with Crippen LogP contribution < -0.4 is 14.8 Å². The third-order valence-electron chi connectivity index (χ3n) is 5.46. The molecule has 0 aliphatic carbocycles. The largest absolute Gasteiger partial charge is 0.457 e. The zero-order valence-corrected chi connectivity index (χ0v) is 19.7. The van der Waals surface area contributed by atoms with E-state index in [2.05, 4.69) is 30.4 Å². The van der Waals surface area contributed by atoms with Crippen LogP contribution >= 0.6 is 11.6 Å². The Balaban J connectivity index is 1.25. The smallest absolute Gasteiger partial charge is 0.158 e. The van der Waals surface area contributed by atoms with Crippen molar-refractivity contribution in [3.05, 3.63) is 96.4 Å². The molecule has 2 aromatic carbocycles. The van der Waals surface area contributed by atoms with Gasteiger partial charge in [-0.2, -0.15) is 5.10 Å². The lowest BCUT2D eigenvalue weighted by molar-refractivity contribution is 0.478. The minimum absolute atomic E-state index is 0.362. The van der Waals surface area contributed by atoms with Crippen molar-refractivity contribution in [2.75, 3.05) is 5.32 Å². The van der Waals surface area contributed by atoms with Gasteiger partial charge in [-0.3, -0.25) is 0 Å². The van der Waals surface area contributed by atoms with Crippen LogP contribution in [0, 0.1) is 6.92 Å². The molecule has 36 heavy (non-hydrogen) atoms. The standard InChI is InChI=1S/C26H18ClN7O2/c1-16-10-17(2-5-23(16)36-20-7-9-34-25(13-20)30-15-32-34)33-26-21-11-18(3-4-22(21)29-14-31-26)35-19-6-8-28-24(27)12-19/h2-15H,1H3,(H,29,31,33). The summed E-state index contributed by atoms with van der Waals surface area (Å²) in [5, 5.41) is 8.66. The molecule has 0 bridgehead atoms. The van der Waals surface area contributed by atoms with Gasteiger partial charge < -0.3 is 14.8 Å². The third-order valence-corrected chi connectivity index (χ3v) is 5.66. The maximum atomic E-state index is 6.08. The molecule has 0 aliphatic heterocycles. The summed E-state index contributed by atoms with van der Waals surface area (Å²) < 4.78 is 13.7. The van der Waals surface area contributed by atoms with E-state index in [1.54, 1.807) is 22.8 Å². The van der Waals surface area contributed by atoms with Gasteiger partial charge in [0.2, 0.25) is 0 Å². The Morgan fingerprint density at radius 2 is 1.69 bits per heavy atom. The molecule has 0 unspecified atom stereocenters. The molecule has 6 rings (SSSR count). The number of anilines is 2. The Kier molecular flexibility index (Phi) is 5.51. The first-order valence-electron chi connectivity index (χ1n) is 11.0. The van der Waals surface area contributed by atoms with Gasteiger partial charge in [-0.25, -0.2) is 24.5 Å². The van der Waals surface area contributed by atoms with Gasteiger partial charge in [-0.15, -0.1) is 0 Å². The number of hydrogen-bond acceptors (Lipinski definition) is 8. The summed E-state index contributed by atoms with van der Waals surface area (Å²) in [5.74, 6) is 3.30. The Bertz CT molecular complexity index is 1720. The zero-order valence-electron chi connectivity index (χ0n) is 19.0. The van der Waals surface area contributed by atoms with Gasteiger partial charge in [0.05, 0.1) is 5.52 Å². The van der Waals surface area contributed by atoms with Crippen LogP contribution in [0.15, 0.2) is 85.7 Å². The average Bonchev–Trinajstić information content (AvgIpc) is 3.34. The Labute approximate surface area is 210 Å². The van der Waals surface area contributed by atoms with Crippen molar-refractivity contribution in [1.82, 2.24) is 29.5 Å². The van der Waals surface area contributed by atoms with Crippen molar-refractivity contribution in [1.29, 1.82) is 0 Å². The number of nitrogens with one attached hydrogen (secondary N) is 1. The maximum absolute atomic E-state index is 6.08. The molecule has 0 atom stereocenters. The van der Waals surface area contributed by atoms with Crippen molar-refractivity contribution in [2.24, 2.45) is 0 Å². The lowest BCUT2D eigenvalue weighted by Gasteiger charge is -2.13. The van der Waals surface area contributed by atoms with E-state index >= 15 is 0 Å². The molecule has 0 saturated carbocycles. The van der Waals surface area contributed by atoms with Crippen LogP contribution in [0.1, 0.15) is 5.56 Å². The van der Waals surface area contributed by atoms with Crippen molar-refractivity contribution < 1.29 is 9.47 Å². The summed E-state index contributed by atoms with van der Waals surface area (Å²) in [6.07, 6.45) is 6.44. The van der Waals surface area contributed by atoms with Crippen molar-refractivity contribution >= 4 is 39.7 Å². The summed E-state index contributed by atoms with van der Waals surface area (Å²) in [6, 6.07) is 18.5. The highest BCUT2D eigenvalue weighted by atomic mass is 35.5. The Morgan fingerprint density at radius 1 is 0.806 bits per heavy atom. The van der Waals surface area contributed by atoms with Crippen LogP contribution in [-0.4, -0.2) is 29.5 Å². The van der Waals surface area contributed by atoms with Crippen molar-refractivity contribution in [3.8, 4) is 23.0 Å². The molecule has 9 nitrogen and oxygen atoms in total. The fourth-order valence-electron chi connectivity index (χ4n) is 3.75. The topological polar surface area (TPSA) is 99.4 Å². The molecule has 0 amide bonds. The van der Waals surface area contributed by atoms with E-state index in [0.717, 1.165) is 33.6 Å². The molecule has 1 N–H and O–H groups in total. The van der Waals surface area contributed by atoms with Crippen LogP contribution in [-0.2, 0) is 0 Å². The predicted molar refractivity (Wildman–Crippen MR) is 136 cm³/mol. The number of nitrogens with zero attached hydrogens (tertiary/aromatic N) is 6. The van der Waals surface area contributed by atoms with Crippen LogP contribution in [0.2, 0.25) is 5.15 Å². The predicted octanol–water partition coefficient (Wildman–Crippen LogP) is 6.36. The normalized spacial score (nSPS) is 11.1. The molecule has 6 aromatic rings. The van der Waals surface area contributed by atoms with E-state index in [0.29, 0.717) is 28.2 Å². The number of fused-ring (bicyclic) bond motifs is 2. The first kappa shape index (κ1) is 21.8. The minimum Gasteiger partial charge on any atom is -0.457 e. The number of ether oxygens (including phenoxy) is 2. The van der Waals surface area contributed by atoms with Crippen LogP contribution in [0.5, 0.6) is 23.0 Å². The number of halogens is 1. The molecular weight excluding hydrogens is 478 g/mol. The maximum Gasteiger partial charge on any atom is 0.158 e. The van der Waals surface area contributed by atoms with Crippen LogP contribution in [0.4, 0.5) is 11.5 Å². The molecule has 4 aromatic heterocycles. The minimum atomic E-state index is 0.362. The molecule has 176 valence electrons. The van der Waals surface area contributed by atoms with Gasteiger partial charge in [0.15, 0.2) is 5.65 Å². The van der Waals surface area contributed by atoms with Gasteiger partial charge >= 0.3 is 0 Å². The number of aromatic nitrogens is 6. The number of aryl methyl sites for hydroxylation is 1. The van der Waals surface area contributed by atoms with E-state index in [-0.39, 0.29) is 0 Å². The lowest BCUT2D eigenvalue weighted by atomic mass is 10.2. The molecular formula is C26H18ClN7O2. The summed E-state index contributed by atoms with van der Waals surface area (Å²) in [4.78, 5) is 17.0. The SMILES string of the molecule is Cc1cc(Nc2ncnc3ccc(Oc4ccnc(Cl)c4)cc23)ccc1Oc1ccn2ncnc2c1. The Hall–Kier alpha value is -4.76. The molecule has 4 heterocycles.